The number of pyridine rings is 1. The van der Waals surface area contributed by atoms with Crippen molar-refractivity contribution in [2.24, 2.45) is 0 Å². The molecule has 0 bridgehead atoms. The van der Waals surface area contributed by atoms with E-state index in [4.69, 9.17) is 0 Å². The van der Waals surface area contributed by atoms with Crippen LogP contribution in [0.5, 0.6) is 0 Å². The van der Waals surface area contributed by atoms with Gasteiger partial charge in [0, 0.05) is 25.0 Å². The summed E-state index contributed by atoms with van der Waals surface area (Å²) in [6.07, 6.45) is -0.378. The molecule has 0 saturated carbocycles. The summed E-state index contributed by atoms with van der Waals surface area (Å²) in [5.41, 5.74) is -0.279. The minimum atomic E-state index is -4.56. The number of fused-ring (bicyclic) bond motifs is 3. The van der Waals surface area contributed by atoms with E-state index in [1.807, 2.05) is 38.2 Å². The van der Waals surface area contributed by atoms with Gasteiger partial charge in [-0.05, 0) is 19.4 Å². The lowest BCUT2D eigenvalue weighted by atomic mass is 9.70. The van der Waals surface area contributed by atoms with Crippen molar-refractivity contribution in [2.75, 3.05) is 0 Å². The van der Waals surface area contributed by atoms with Crippen molar-refractivity contribution in [3.63, 3.8) is 0 Å². The predicted molar refractivity (Wildman–Crippen MR) is 83.2 cm³/mol. The van der Waals surface area contributed by atoms with Gasteiger partial charge in [0.2, 0.25) is 5.82 Å². The second-order valence-electron chi connectivity index (χ2n) is 6.49. The third kappa shape index (κ3) is 1.96. The van der Waals surface area contributed by atoms with Crippen LogP contribution in [0.15, 0.2) is 24.4 Å². The number of nitrogens with zero attached hydrogens (tertiary/aromatic N) is 4. The van der Waals surface area contributed by atoms with Crippen LogP contribution in [-0.2, 0) is 17.3 Å². The van der Waals surface area contributed by atoms with Crippen LogP contribution in [-0.4, -0.2) is 14.8 Å². The molecule has 0 N–H and O–H groups in total. The van der Waals surface area contributed by atoms with Gasteiger partial charge >= 0.3 is 6.18 Å². The average Bonchev–Trinajstić information content (AvgIpc) is 3.02. The highest BCUT2D eigenvalue weighted by Crippen LogP contribution is 2.46. The zero-order chi connectivity index (χ0) is 17.8. The van der Waals surface area contributed by atoms with Gasteiger partial charge < -0.3 is 0 Å². The molecule has 7 heteroatoms. The van der Waals surface area contributed by atoms with E-state index < -0.39 is 17.5 Å². The van der Waals surface area contributed by atoms with E-state index in [1.165, 1.54) is 4.68 Å². The Morgan fingerprint density at radius 3 is 2.33 bits per heavy atom. The minimum absolute atomic E-state index is 0.282. The van der Waals surface area contributed by atoms with Gasteiger partial charge in [-0.3, -0.25) is 0 Å². The molecule has 4 nitrogen and oxygen atoms in total. The van der Waals surface area contributed by atoms with Crippen molar-refractivity contribution in [3.05, 3.63) is 30.2 Å². The maximum absolute atomic E-state index is 13.2. The number of hydrogen-bond acceptors (Lipinski definition) is 2. The molecule has 1 atom stereocenters. The molecule has 0 saturated heterocycles. The topological polar surface area (TPSA) is 34.6 Å². The van der Waals surface area contributed by atoms with Gasteiger partial charge in [-0.1, -0.05) is 20.8 Å². The number of halogens is 3. The molecule has 3 rings (SSSR count). The molecule has 0 fully saturated rings. The van der Waals surface area contributed by atoms with E-state index in [0.717, 1.165) is 12.8 Å². The molecule has 2 aromatic rings. The van der Waals surface area contributed by atoms with E-state index in [2.05, 4.69) is 28.5 Å². The number of rotatable bonds is 3. The highest BCUT2D eigenvalue weighted by atomic mass is 19.4. The lowest BCUT2D eigenvalue weighted by molar-refractivity contribution is -0.774. The molecule has 2 aromatic heterocycles. The molecule has 0 amide bonds. The number of alkyl halides is 3. The third-order valence-corrected chi connectivity index (χ3v) is 5.74. The van der Waals surface area contributed by atoms with Crippen molar-refractivity contribution < 1.29 is 17.7 Å². The summed E-state index contributed by atoms with van der Waals surface area (Å²) >= 11 is 0. The van der Waals surface area contributed by atoms with Gasteiger partial charge in [-0.15, -0.1) is 5.10 Å². The van der Waals surface area contributed by atoms with Crippen molar-refractivity contribution in [2.45, 2.75) is 64.2 Å². The monoisotopic (exact) mass is 339 g/mol. The Bertz CT molecular complexity index is 761. The first-order valence-electron chi connectivity index (χ1n) is 8.31. The van der Waals surface area contributed by atoms with Crippen LogP contribution < -0.4 is 4.57 Å². The lowest BCUT2D eigenvalue weighted by Gasteiger charge is -2.46. The standard InChI is InChI=1S/C17H22F3N4/c1-5-15(4)16(6-2,7-3)23-11-9-8-10-12(23)13-21-14(17(18,19)20)22-24(13)15/h8-11H,5-7H2,1-4H3/q+1. The SMILES string of the molecule is CCC1(C)n2nc(C(F)(F)F)nc2-c2cccc[n+]2C1(CC)CC. The first kappa shape index (κ1) is 16.9. The highest BCUT2D eigenvalue weighted by Gasteiger charge is 2.60. The largest absolute Gasteiger partial charge is 0.453 e. The smallest absolute Gasteiger partial charge is 0.227 e. The molecule has 0 aromatic carbocycles. The molecule has 1 aliphatic rings. The molecule has 1 unspecified atom stereocenters. The van der Waals surface area contributed by atoms with E-state index in [0.29, 0.717) is 12.1 Å². The van der Waals surface area contributed by atoms with Crippen LogP contribution in [0.25, 0.3) is 11.5 Å². The Morgan fingerprint density at radius 1 is 1.12 bits per heavy atom. The lowest BCUT2D eigenvalue weighted by Crippen LogP contribution is -2.71. The van der Waals surface area contributed by atoms with E-state index in [-0.39, 0.29) is 11.4 Å². The van der Waals surface area contributed by atoms with Crippen LogP contribution in [0.1, 0.15) is 52.8 Å². The summed E-state index contributed by atoms with van der Waals surface area (Å²) in [7, 11) is 0. The Hall–Kier alpha value is -1.92. The molecule has 130 valence electrons. The maximum Gasteiger partial charge on any atom is 0.453 e. The molecule has 0 radical (unpaired) electrons. The van der Waals surface area contributed by atoms with Crippen molar-refractivity contribution in [3.8, 4) is 11.5 Å². The second kappa shape index (κ2) is 5.29. The van der Waals surface area contributed by atoms with E-state index in [9.17, 15) is 13.2 Å². The van der Waals surface area contributed by atoms with Gasteiger partial charge in [-0.25, -0.2) is 4.68 Å². The normalized spacial score (nSPS) is 22.1. The first-order valence-corrected chi connectivity index (χ1v) is 8.31. The maximum atomic E-state index is 13.2. The summed E-state index contributed by atoms with van der Waals surface area (Å²) < 4.78 is 43.3. The van der Waals surface area contributed by atoms with Crippen LogP contribution in [0.4, 0.5) is 13.2 Å². The molecule has 1 aliphatic heterocycles. The number of hydrogen-bond donors (Lipinski definition) is 0. The molecule has 24 heavy (non-hydrogen) atoms. The summed E-state index contributed by atoms with van der Waals surface area (Å²) in [6.45, 7) is 8.14. The van der Waals surface area contributed by atoms with Crippen LogP contribution in [0.2, 0.25) is 0 Å². The molecule has 0 aliphatic carbocycles. The van der Waals surface area contributed by atoms with E-state index in [1.54, 1.807) is 0 Å². The first-order chi connectivity index (χ1) is 11.2. The van der Waals surface area contributed by atoms with Gasteiger partial charge in [0.25, 0.3) is 11.5 Å². The highest BCUT2D eigenvalue weighted by molar-refractivity contribution is 5.47. The summed E-state index contributed by atoms with van der Waals surface area (Å²) in [4.78, 5) is 3.85. The van der Waals surface area contributed by atoms with Crippen LogP contribution in [0, 0.1) is 0 Å². The zero-order valence-electron chi connectivity index (χ0n) is 14.4. The number of aromatic nitrogens is 4. The second-order valence-corrected chi connectivity index (χ2v) is 6.49. The molecule has 0 spiro atoms. The fourth-order valence-electron chi connectivity index (χ4n) is 4.23. The van der Waals surface area contributed by atoms with Crippen LogP contribution in [0.3, 0.4) is 0 Å². The fraction of sp³-hybridized carbons (Fsp3) is 0.588. The van der Waals surface area contributed by atoms with Crippen molar-refractivity contribution in [1.29, 1.82) is 0 Å². The fourth-order valence-corrected chi connectivity index (χ4v) is 4.23. The summed E-state index contributed by atoms with van der Waals surface area (Å²) in [6, 6.07) is 5.55. The van der Waals surface area contributed by atoms with Gasteiger partial charge in [0.1, 0.15) is 5.54 Å². The van der Waals surface area contributed by atoms with E-state index >= 15 is 0 Å². The van der Waals surface area contributed by atoms with Gasteiger partial charge in [0.05, 0.1) is 0 Å². The molecule has 3 heterocycles. The zero-order valence-corrected chi connectivity index (χ0v) is 14.4. The minimum Gasteiger partial charge on any atom is -0.227 e. The average molecular weight is 339 g/mol. The Balaban J connectivity index is 2.40. The molecular formula is C17H22F3N4+. The Kier molecular flexibility index (Phi) is 3.73. The Labute approximate surface area is 139 Å². The van der Waals surface area contributed by atoms with Gasteiger partial charge in [-0.2, -0.15) is 22.7 Å². The van der Waals surface area contributed by atoms with Crippen molar-refractivity contribution >= 4 is 0 Å². The van der Waals surface area contributed by atoms with Gasteiger partial charge in [0.15, 0.2) is 11.7 Å². The third-order valence-electron chi connectivity index (χ3n) is 5.74. The Morgan fingerprint density at radius 2 is 1.79 bits per heavy atom. The summed E-state index contributed by atoms with van der Waals surface area (Å²) in [5, 5.41) is 3.90. The van der Waals surface area contributed by atoms with Crippen molar-refractivity contribution in [1.82, 2.24) is 14.8 Å². The molecular weight excluding hydrogens is 317 g/mol. The predicted octanol–water partition coefficient (Wildman–Crippen LogP) is 3.91. The quantitative estimate of drug-likeness (QED) is 0.795. The summed E-state index contributed by atoms with van der Waals surface area (Å²) in [5.74, 6) is -0.791. The van der Waals surface area contributed by atoms with Crippen LogP contribution >= 0.6 is 0 Å².